The third-order valence-corrected chi connectivity index (χ3v) is 2.20. The highest BCUT2D eigenvalue weighted by Crippen LogP contribution is 2.29. The number of carbonyl (C=O) groups is 1. The largest absolute Gasteiger partial charge is 0.492 e. The van der Waals surface area contributed by atoms with Crippen LogP contribution in [-0.4, -0.2) is 12.4 Å². The van der Waals surface area contributed by atoms with Gasteiger partial charge < -0.3 is 4.74 Å². The van der Waals surface area contributed by atoms with Crippen molar-refractivity contribution in [2.45, 2.75) is 6.42 Å². The van der Waals surface area contributed by atoms with Crippen molar-refractivity contribution in [1.82, 2.24) is 0 Å². The van der Waals surface area contributed by atoms with Crippen molar-refractivity contribution in [3.63, 3.8) is 0 Å². The summed E-state index contributed by atoms with van der Waals surface area (Å²) in [5.74, 6) is -0.323. The van der Waals surface area contributed by atoms with Gasteiger partial charge in [0.25, 0.3) is 0 Å². The Balaban J connectivity index is 2.58. The molecule has 68 valence electrons. The predicted octanol–water partition coefficient (Wildman–Crippen LogP) is 2.44. The summed E-state index contributed by atoms with van der Waals surface area (Å²) < 4.78 is 18.0. The second-order valence-corrected chi connectivity index (χ2v) is 3.19. The van der Waals surface area contributed by atoms with E-state index in [9.17, 15) is 9.18 Å². The lowest BCUT2D eigenvalue weighted by Crippen LogP contribution is -2.15. The van der Waals surface area contributed by atoms with Crippen molar-refractivity contribution in [3.8, 4) is 5.75 Å². The summed E-state index contributed by atoms with van der Waals surface area (Å²) in [6.45, 7) is 0.312. The molecule has 4 heteroatoms. The molecule has 0 amide bonds. The first-order valence-electron chi connectivity index (χ1n) is 3.83. The zero-order chi connectivity index (χ0) is 9.42. The summed E-state index contributed by atoms with van der Waals surface area (Å²) in [4.78, 5) is 11.3. The molecule has 1 aromatic carbocycles. The van der Waals surface area contributed by atoms with E-state index in [-0.39, 0.29) is 16.6 Å². The molecule has 0 atom stereocenters. The second-order valence-electron chi connectivity index (χ2n) is 2.78. The second kappa shape index (κ2) is 3.00. The minimum atomic E-state index is -0.560. The van der Waals surface area contributed by atoms with E-state index in [1.807, 2.05) is 0 Å². The van der Waals surface area contributed by atoms with Gasteiger partial charge in [0.1, 0.15) is 11.6 Å². The van der Waals surface area contributed by atoms with Crippen molar-refractivity contribution >= 4 is 17.4 Å². The van der Waals surface area contributed by atoms with Crippen LogP contribution in [0.25, 0.3) is 0 Å². The molecule has 1 heterocycles. The summed E-state index contributed by atoms with van der Waals surface area (Å²) >= 11 is 5.53. The number of halogens is 2. The normalized spacial score (nSPS) is 15.1. The fraction of sp³-hybridized carbons (Fsp3) is 0.222. The molecule has 0 aromatic heterocycles. The topological polar surface area (TPSA) is 26.3 Å². The van der Waals surface area contributed by atoms with Crippen molar-refractivity contribution in [3.05, 3.63) is 28.5 Å². The molecular weight excluding hydrogens is 195 g/mol. The summed E-state index contributed by atoms with van der Waals surface area (Å²) in [7, 11) is 0. The van der Waals surface area contributed by atoms with Crippen molar-refractivity contribution in [2.75, 3.05) is 6.61 Å². The smallest absolute Gasteiger partial charge is 0.170 e. The predicted molar refractivity (Wildman–Crippen MR) is 45.9 cm³/mol. The number of rotatable bonds is 0. The Hall–Kier alpha value is -1.09. The molecule has 0 saturated carbocycles. The van der Waals surface area contributed by atoms with Gasteiger partial charge in [-0.2, -0.15) is 0 Å². The Bertz CT molecular complexity index is 376. The maximum atomic E-state index is 12.9. The number of benzene rings is 1. The van der Waals surface area contributed by atoms with Crippen LogP contribution in [-0.2, 0) is 0 Å². The van der Waals surface area contributed by atoms with E-state index in [2.05, 4.69) is 0 Å². The van der Waals surface area contributed by atoms with Crippen molar-refractivity contribution < 1.29 is 13.9 Å². The highest BCUT2D eigenvalue weighted by atomic mass is 35.5. The molecule has 0 radical (unpaired) electrons. The van der Waals surface area contributed by atoms with E-state index in [0.29, 0.717) is 18.6 Å². The molecule has 0 aliphatic carbocycles. The van der Waals surface area contributed by atoms with Crippen LogP contribution in [0.4, 0.5) is 4.39 Å². The molecule has 1 aromatic rings. The summed E-state index contributed by atoms with van der Waals surface area (Å²) in [6, 6.07) is 2.46. The van der Waals surface area contributed by atoms with E-state index in [1.165, 1.54) is 6.07 Å². The highest BCUT2D eigenvalue weighted by Gasteiger charge is 2.20. The Kier molecular flexibility index (Phi) is 1.96. The fourth-order valence-corrected chi connectivity index (χ4v) is 1.42. The van der Waals surface area contributed by atoms with E-state index in [1.54, 1.807) is 0 Å². The van der Waals surface area contributed by atoms with Crippen LogP contribution in [0, 0.1) is 5.82 Å². The third-order valence-electron chi connectivity index (χ3n) is 1.91. The number of fused-ring (bicyclic) bond motifs is 1. The molecule has 0 unspecified atom stereocenters. The van der Waals surface area contributed by atoms with Crippen LogP contribution in [0.5, 0.6) is 5.75 Å². The number of Topliss-reactive ketones (excluding diaryl/α,β-unsaturated/α-hetero) is 1. The summed E-state index contributed by atoms with van der Waals surface area (Å²) in [5, 5.41) is -0.0439. The molecule has 1 aliphatic rings. The molecule has 0 spiro atoms. The minimum Gasteiger partial charge on any atom is -0.492 e. The third kappa shape index (κ3) is 1.40. The lowest BCUT2D eigenvalue weighted by molar-refractivity contribution is 0.0933. The number of carbonyl (C=O) groups excluding carboxylic acids is 1. The summed E-state index contributed by atoms with van der Waals surface area (Å²) in [6.07, 6.45) is 0.328. The number of ether oxygens (including phenoxy) is 1. The van der Waals surface area contributed by atoms with Crippen molar-refractivity contribution in [1.29, 1.82) is 0 Å². The Morgan fingerprint density at radius 2 is 2.23 bits per heavy atom. The van der Waals surface area contributed by atoms with E-state index in [0.717, 1.165) is 6.07 Å². The van der Waals surface area contributed by atoms with Gasteiger partial charge >= 0.3 is 0 Å². The van der Waals surface area contributed by atoms with Gasteiger partial charge in [-0.05, 0) is 6.07 Å². The SMILES string of the molecule is O=C1CCOc2cc(F)c(Cl)cc21. The van der Waals surface area contributed by atoms with Crippen LogP contribution in [0.15, 0.2) is 12.1 Å². The van der Waals surface area contributed by atoms with Crippen molar-refractivity contribution in [2.24, 2.45) is 0 Å². The van der Waals surface area contributed by atoms with Gasteiger partial charge in [-0.1, -0.05) is 11.6 Å². The molecule has 13 heavy (non-hydrogen) atoms. The van der Waals surface area contributed by atoms with Gasteiger partial charge in [0.05, 0.1) is 17.2 Å². The lowest BCUT2D eigenvalue weighted by atomic mass is 10.1. The molecule has 0 N–H and O–H groups in total. The van der Waals surface area contributed by atoms with Crippen LogP contribution in [0.1, 0.15) is 16.8 Å². The average Bonchev–Trinajstić information content (AvgIpc) is 2.09. The lowest BCUT2D eigenvalue weighted by Gasteiger charge is -2.16. The van der Waals surface area contributed by atoms with Gasteiger partial charge in [0.2, 0.25) is 0 Å². The van der Waals surface area contributed by atoms with E-state index >= 15 is 0 Å². The monoisotopic (exact) mass is 200 g/mol. The number of hydrogen-bond acceptors (Lipinski definition) is 2. The first kappa shape index (κ1) is 8.51. The quantitative estimate of drug-likeness (QED) is 0.643. The van der Waals surface area contributed by atoms with Gasteiger partial charge in [0, 0.05) is 12.5 Å². The highest BCUT2D eigenvalue weighted by molar-refractivity contribution is 6.31. The van der Waals surface area contributed by atoms with Gasteiger partial charge in [-0.15, -0.1) is 0 Å². The Morgan fingerprint density at radius 3 is 3.00 bits per heavy atom. The molecule has 1 aliphatic heterocycles. The summed E-state index contributed by atoms with van der Waals surface area (Å²) in [5.41, 5.74) is 0.373. The molecular formula is C9H6ClFO2. The first-order chi connectivity index (χ1) is 6.18. The van der Waals surface area contributed by atoms with Gasteiger partial charge in [-0.3, -0.25) is 4.79 Å². The van der Waals surface area contributed by atoms with Gasteiger partial charge in [-0.25, -0.2) is 4.39 Å². The first-order valence-corrected chi connectivity index (χ1v) is 4.21. The zero-order valence-corrected chi connectivity index (χ0v) is 7.40. The average molecular weight is 201 g/mol. The fourth-order valence-electron chi connectivity index (χ4n) is 1.25. The Morgan fingerprint density at radius 1 is 1.46 bits per heavy atom. The zero-order valence-electron chi connectivity index (χ0n) is 6.64. The Labute approximate surface area is 79.3 Å². The van der Waals surface area contributed by atoms with Crippen LogP contribution in [0.3, 0.4) is 0 Å². The molecule has 0 bridgehead atoms. The van der Waals surface area contributed by atoms with Crippen LogP contribution >= 0.6 is 11.6 Å². The minimum absolute atomic E-state index is 0.0439. The molecule has 0 saturated heterocycles. The standard InChI is InChI=1S/C9H6ClFO2/c10-6-3-5-8(12)1-2-13-9(5)4-7(6)11/h3-4H,1-2H2. The molecule has 2 nitrogen and oxygen atoms in total. The van der Waals surface area contributed by atoms with Gasteiger partial charge in [0.15, 0.2) is 5.78 Å². The maximum absolute atomic E-state index is 12.9. The van der Waals surface area contributed by atoms with E-state index < -0.39 is 5.82 Å². The molecule has 0 fully saturated rings. The van der Waals surface area contributed by atoms with E-state index in [4.69, 9.17) is 16.3 Å². The molecule has 2 rings (SSSR count). The van der Waals surface area contributed by atoms with Crippen LogP contribution < -0.4 is 4.74 Å². The number of hydrogen-bond donors (Lipinski definition) is 0. The maximum Gasteiger partial charge on any atom is 0.170 e. The number of ketones is 1. The van der Waals surface area contributed by atoms with Crippen LogP contribution in [0.2, 0.25) is 5.02 Å².